The molecule has 0 unspecified atom stereocenters. The number of morpholine rings is 1. The average Bonchev–Trinajstić information content (AvgIpc) is 3.27. The summed E-state index contributed by atoms with van der Waals surface area (Å²) in [7, 11) is 0. The van der Waals surface area contributed by atoms with Gasteiger partial charge in [0.25, 0.3) is 5.89 Å². The highest BCUT2D eigenvalue weighted by molar-refractivity contribution is 7.98. The van der Waals surface area contributed by atoms with Crippen molar-refractivity contribution in [2.45, 2.75) is 17.3 Å². The molecule has 0 atom stereocenters. The summed E-state index contributed by atoms with van der Waals surface area (Å²) in [5.41, 5.74) is 1.67. The summed E-state index contributed by atoms with van der Waals surface area (Å²) < 4.78 is 10.9. The summed E-state index contributed by atoms with van der Waals surface area (Å²) in [6, 6.07) is 15.5. The van der Waals surface area contributed by atoms with Crippen LogP contribution in [0.15, 0.2) is 58.1 Å². The van der Waals surface area contributed by atoms with Gasteiger partial charge in [-0.1, -0.05) is 58.9 Å². The van der Waals surface area contributed by atoms with E-state index in [4.69, 9.17) is 30.8 Å². The highest BCUT2D eigenvalue weighted by atomic mass is 35.5. The van der Waals surface area contributed by atoms with E-state index in [0.717, 1.165) is 53.6 Å². The Morgan fingerprint density at radius 3 is 2.61 bits per heavy atom. The van der Waals surface area contributed by atoms with Crippen molar-refractivity contribution in [2.24, 2.45) is 0 Å². The maximum absolute atomic E-state index is 6.24. The van der Waals surface area contributed by atoms with Crippen LogP contribution in [0.25, 0.3) is 22.4 Å². The van der Waals surface area contributed by atoms with Gasteiger partial charge in [0.15, 0.2) is 5.82 Å². The fourth-order valence-corrected chi connectivity index (χ4v) is 4.52. The van der Waals surface area contributed by atoms with E-state index < -0.39 is 0 Å². The molecule has 0 bridgehead atoms. The molecule has 2 aromatic carbocycles. The van der Waals surface area contributed by atoms with E-state index >= 15 is 0 Å². The first-order valence-electron chi connectivity index (χ1n) is 10.0. The van der Waals surface area contributed by atoms with Gasteiger partial charge in [0.05, 0.1) is 41.6 Å². The summed E-state index contributed by atoms with van der Waals surface area (Å²) in [5.74, 6) is 2.36. The lowest BCUT2D eigenvalue weighted by Gasteiger charge is -2.25. The number of aromatic nitrogens is 4. The molecule has 0 N–H and O–H groups in total. The summed E-state index contributed by atoms with van der Waals surface area (Å²) in [6.45, 7) is 4.00. The smallest absolute Gasteiger partial charge is 0.259 e. The molecule has 0 saturated carbocycles. The van der Waals surface area contributed by atoms with Crippen molar-refractivity contribution < 1.29 is 9.26 Å². The lowest BCUT2D eigenvalue weighted by Crippen LogP contribution is -2.36. The predicted molar refractivity (Wildman–Crippen MR) is 120 cm³/mol. The van der Waals surface area contributed by atoms with Gasteiger partial charge in [0.2, 0.25) is 0 Å². The predicted octanol–water partition coefficient (Wildman–Crippen LogP) is 4.46. The van der Waals surface area contributed by atoms with Crippen LogP contribution in [-0.4, -0.2) is 51.3 Å². The number of nitrogens with zero attached hydrogens (tertiary/aromatic N) is 5. The number of ether oxygens (including phenoxy) is 1. The van der Waals surface area contributed by atoms with Gasteiger partial charge in [-0.3, -0.25) is 4.90 Å². The fourth-order valence-electron chi connectivity index (χ4n) is 3.42. The summed E-state index contributed by atoms with van der Waals surface area (Å²) in [6.07, 6.45) is 0. The van der Waals surface area contributed by atoms with Gasteiger partial charge in [0.1, 0.15) is 10.9 Å². The monoisotopic (exact) mass is 453 g/mol. The van der Waals surface area contributed by atoms with Crippen molar-refractivity contribution in [1.29, 1.82) is 0 Å². The molecule has 0 aliphatic carbocycles. The van der Waals surface area contributed by atoms with Crippen LogP contribution in [-0.2, 0) is 17.0 Å². The molecular weight excluding hydrogens is 434 g/mol. The number of hydrogen-bond acceptors (Lipinski definition) is 8. The molecule has 1 fully saturated rings. The Bertz CT molecular complexity index is 1200. The SMILES string of the molecule is Clc1ccccc1-c1nc(CSc2nc(CN3CCOCC3)nc3ccccc23)no1. The third kappa shape index (κ3) is 4.72. The van der Waals surface area contributed by atoms with Crippen molar-refractivity contribution >= 4 is 34.3 Å². The van der Waals surface area contributed by atoms with Gasteiger partial charge in [-0.2, -0.15) is 4.98 Å². The Morgan fingerprint density at radius 2 is 1.74 bits per heavy atom. The van der Waals surface area contributed by atoms with Gasteiger partial charge >= 0.3 is 0 Å². The molecule has 2 aromatic heterocycles. The molecule has 1 aliphatic heterocycles. The number of para-hydroxylation sites is 1. The second kappa shape index (κ2) is 9.32. The van der Waals surface area contributed by atoms with Crippen molar-refractivity contribution in [3.63, 3.8) is 0 Å². The minimum atomic E-state index is 0.418. The Hall–Kier alpha value is -2.52. The minimum Gasteiger partial charge on any atom is -0.379 e. The summed E-state index contributed by atoms with van der Waals surface area (Å²) in [4.78, 5) is 16.4. The molecule has 3 heterocycles. The Labute approximate surface area is 188 Å². The van der Waals surface area contributed by atoms with Crippen LogP contribution in [0.3, 0.4) is 0 Å². The first-order chi connectivity index (χ1) is 15.3. The number of rotatable bonds is 6. The number of halogens is 1. The zero-order valence-electron chi connectivity index (χ0n) is 16.7. The second-order valence-corrected chi connectivity index (χ2v) is 8.51. The first kappa shape index (κ1) is 20.4. The molecule has 7 nitrogen and oxygen atoms in total. The number of thioether (sulfide) groups is 1. The van der Waals surface area contributed by atoms with E-state index in [0.29, 0.717) is 29.0 Å². The van der Waals surface area contributed by atoms with Gasteiger partial charge in [0, 0.05) is 18.5 Å². The third-order valence-electron chi connectivity index (χ3n) is 4.99. The number of benzene rings is 2. The largest absolute Gasteiger partial charge is 0.379 e. The highest BCUT2D eigenvalue weighted by Gasteiger charge is 2.16. The number of fused-ring (bicyclic) bond motifs is 1. The maximum Gasteiger partial charge on any atom is 0.259 e. The molecule has 0 radical (unpaired) electrons. The lowest BCUT2D eigenvalue weighted by molar-refractivity contribution is 0.0330. The van der Waals surface area contributed by atoms with Crippen molar-refractivity contribution in [1.82, 2.24) is 25.0 Å². The van der Waals surface area contributed by atoms with Gasteiger partial charge < -0.3 is 9.26 Å². The van der Waals surface area contributed by atoms with E-state index in [1.807, 2.05) is 42.5 Å². The zero-order valence-corrected chi connectivity index (χ0v) is 18.3. The van der Waals surface area contributed by atoms with Crippen molar-refractivity contribution in [3.8, 4) is 11.5 Å². The van der Waals surface area contributed by atoms with E-state index in [-0.39, 0.29) is 0 Å². The van der Waals surface area contributed by atoms with E-state index in [2.05, 4.69) is 15.0 Å². The molecule has 0 amide bonds. The van der Waals surface area contributed by atoms with Crippen LogP contribution in [0.4, 0.5) is 0 Å². The van der Waals surface area contributed by atoms with Crippen molar-refractivity contribution in [2.75, 3.05) is 26.3 Å². The molecule has 4 aromatic rings. The molecule has 5 rings (SSSR count). The first-order valence-corrected chi connectivity index (χ1v) is 11.4. The number of hydrogen-bond donors (Lipinski definition) is 0. The van der Waals surface area contributed by atoms with Crippen LogP contribution in [0.5, 0.6) is 0 Å². The van der Waals surface area contributed by atoms with E-state index in [9.17, 15) is 0 Å². The fraction of sp³-hybridized carbons (Fsp3) is 0.273. The van der Waals surface area contributed by atoms with Crippen LogP contribution in [0, 0.1) is 0 Å². The lowest BCUT2D eigenvalue weighted by atomic mass is 10.2. The van der Waals surface area contributed by atoms with Crippen LogP contribution >= 0.6 is 23.4 Å². The topological polar surface area (TPSA) is 77.2 Å². The Morgan fingerprint density at radius 1 is 0.935 bits per heavy atom. The van der Waals surface area contributed by atoms with Crippen molar-refractivity contribution in [3.05, 3.63) is 65.2 Å². The average molecular weight is 454 g/mol. The summed E-state index contributed by atoms with van der Waals surface area (Å²) >= 11 is 7.82. The quantitative estimate of drug-likeness (QED) is 0.313. The zero-order chi connectivity index (χ0) is 21.0. The highest BCUT2D eigenvalue weighted by Crippen LogP contribution is 2.30. The standard InChI is InChI=1S/C22H20ClN5O2S/c23-17-7-3-1-5-15(17)21-25-20(27-30-21)14-31-22-16-6-2-4-8-18(16)24-19(26-22)13-28-9-11-29-12-10-28/h1-8H,9-14H2. The van der Waals surface area contributed by atoms with Crippen LogP contribution < -0.4 is 0 Å². The van der Waals surface area contributed by atoms with Gasteiger partial charge in [-0.15, -0.1) is 0 Å². The van der Waals surface area contributed by atoms with Crippen LogP contribution in [0.1, 0.15) is 11.6 Å². The molecule has 1 saturated heterocycles. The van der Waals surface area contributed by atoms with Gasteiger partial charge in [-0.25, -0.2) is 9.97 Å². The molecule has 0 spiro atoms. The Kier molecular flexibility index (Phi) is 6.13. The Balaban J connectivity index is 1.36. The molecule has 1 aliphatic rings. The normalized spacial score (nSPS) is 14.9. The minimum absolute atomic E-state index is 0.418. The van der Waals surface area contributed by atoms with E-state index in [1.54, 1.807) is 17.8 Å². The molecule has 9 heteroatoms. The second-order valence-electron chi connectivity index (χ2n) is 7.13. The van der Waals surface area contributed by atoms with E-state index in [1.165, 1.54) is 0 Å². The maximum atomic E-state index is 6.24. The molecule has 158 valence electrons. The molecule has 31 heavy (non-hydrogen) atoms. The molecular formula is C22H20ClN5O2S. The van der Waals surface area contributed by atoms with Crippen LogP contribution in [0.2, 0.25) is 5.02 Å². The van der Waals surface area contributed by atoms with Gasteiger partial charge in [-0.05, 0) is 18.2 Å². The third-order valence-corrected chi connectivity index (χ3v) is 6.31. The summed E-state index contributed by atoms with van der Waals surface area (Å²) in [5, 5.41) is 6.63.